The van der Waals surface area contributed by atoms with Gasteiger partial charge in [0.15, 0.2) is 0 Å². The fourth-order valence-corrected chi connectivity index (χ4v) is 3.57. The van der Waals surface area contributed by atoms with Crippen LogP contribution in [0.1, 0.15) is 31.4 Å². The molecule has 3 rings (SSSR count). The number of rotatable bonds is 7. The van der Waals surface area contributed by atoms with Crippen molar-refractivity contribution in [3.63, 3.8) is 0 Å². The van der Waals surface area contributed by atoms with Crippen molar-refractivity contribution in [2.75, 3.05) is 52.7 Å². The fraction of sp³-hybridized carbons (Fsp3) is 0.650. The van der Waals surface area contributed by atoms with Crippen LogP contribution >= 0.6 is 0 Å². The van der Waals surface area contributed by atoms with Gasteiger partial charge in [-0.15, -0.1) is 0 Å². The van der Waals surface area contributed by atoms with E-state index in [1.807, 2.05) is 19.1 Å². The molecule has 0 spiro atoms. The average molecular weight is 377 g/mol. The molecular weight excluding hydrogens is 346 g/mol. The Balaban J connectivity index is 1.59. The van der Waals surface area contributed by atoms with E-state index in [2.05, 4.69) is 27.7 Å². The second kappa shape index (κ2) is 10.5. The summed E-state index contributed by atoms with van der Waals surface area (Å²) >= 11 is 0. The molecule has 1 atom stereocenters. The third-order valence-electron chi connectivity index (χ3n) is 5.07. The molecule has 0 radical (unpaired) electrons. The van der Waals surface area contributed by atoms with Gasteiger partial charge < -0.3 is 24.8 Å². The third kappa shape index (κ3) is 6.09. The summed E-state index contributed by atoms with van der Waals surface area (Å²) in [5.41, 5.74) is 1.17. The van der Waals surface area contributed by atoms with Crippen molar-refractivity contribution in [3.8, 4) is 5.75 Å². The van der Waals surface area contributed by atoms with Crippen molar-refractivity contribution in [1.29, 1.82) is 0 Å². The van der Waals surface area contributed by atoms with Gasteiger partial charge >= 0.3 is 6.03 Å². The number of carbonyl (C=O) groups is 1. The van der Waals surface area contributed by atoms with Crippen LogP contribution < -0.4 is 15.4 Å². The molecule has 2 fully saturated rings. The minimum atomic E-state index is -0.105. The van der Waals surface area contributed by atoms with Crippen LogP contribution in [0.25, 0.3) is 0 Å². The number of hydrogen-bond acceptors (Lipinski definition) is 5. The number of hydrogen-bond donors (Lipinski definition) is 2. The van der Waals surface area contributed by atoms with Crippen LogP contribution in [-0.4, -0.2) is 69.6 Å². The Morgan fingerprint density at radius 1 is 1.15 bits per heavy atom. The van der Waals surface area contributed by atoms with Crippen molar-refractivity contribution in [1.82, 2.24) is 15.5 Å². The van der Waals surface area contributed by atoms with Gasteiger partial charge in [-0.05, 0) is 37.5 Å². The topological polar surface area (TPSA) is 72.1 Å². The van der Waals surface area contributed by atoms with E-state index < -0.39 is 0 Å². The summed E-state index contributed by atoms with van der Waals surface area (Å²) in [5.74, 6) is 0.868. The Morgan fingerprint density at radius 2 is 1.81 bits per heavy atom. The zero-order valence-corrected chi connectivity index (χ0v) is 16.1. The Kier molecular flexibility index (Phi) is 7.74. The fourth-order valence-electron chi connectivity index (χ4n) is 3.57. The summed E-state index contributed by atoms with van der Waals surface area (Å²) in [4.78, 5) is 14.7. The smallest absolute Gasteiger partial charge is 0.315 e. The minimum Gasteiger partial charge on any atom is -0.494 e. The summed E-state index contributed by atoms with van der Waals surface area (Å²) in [7, 11) is 0. The molecule has 2 aliphatic rings. The summed E-state index contributed by atoms with van der Waals surface area (Å²) in [6, 6.07) is 8.37. The molecule has 1 aromatic rings. The molecule has 0 saturated carbocycles. The first-order valence-electron chi connectivity index (χ1n) is 9.93. The number of carbonyl (C=O) groups excluding carboxylic acids is 1. The molecule has 150 valence electrons. The third-order valence-corrected chi connectivity index (χ3v) is 5.07. The Labute approximate surface area is 161 Å². The molecule has 2 heterocycles. The minimum absolute atomic E-state index is 0.105. The van der Waals surface area contributed by atoms with E-state index in [9.17, 15) is 4.79 Å². The van der Waals surface area contributed by atoms with E-state index in [0.717, 1.165) is 44.9 Å². The van der Waals surface area contributed by atoms with Crippen molar-refractivity contribution < 1.29 is 19.0 Å². The monoisotopic (exact) mass is 377 g/mol. The number of urea groups is 1. The van der Waals surface area contributed by atoms with E-state index in [0.29, 0.717) is 26.4 Å². The highest BCUT2D eigenvalue weighted by Gasteiger charge is 2.24. The SMILES string of the molecule is CCOc1ccc(C(CNC(=O)NC2CCOCC2)N2CCOCC2)cc1. The molecule has 7 nitrogen and oxygen atoms in total. The van der Waals surface area contributed by atoms with Gasteiger partial charge in [0.05, 0.1) is 25.9 Å². The molecule has 1 unspecified atom stereocenters. The van der Waals surface area contributed by atoms with E-state index >= 15 is 0 Å². The lowest BCUT2D eigenvalue weighted by Gasteiger charge is -2.35. The number of ether oxygens (including phenoxy) is 3. The Hall–Kier alpha value is -1.83. The number of morpholine rings is 1. The molecule has 0 aliphatic carbocycles. The summed E-state index contributed by atoms with van der Waals surface area (Å²) in [6.45, 7) is 7.79. The highest BCUT2D eigenvalue weighted by molar-refractivity contribution is 5.74. The molecule has 0 bridgehead atoms. The number of nitrogens with one attached hydrogen (secondary N) is 2. The van der Waals surface area contributed by atoms with Crippen molar-refractivity contribution >= 4 is 6.03 Å². The predicted molar refractivity (Wildman–Crippen MR) is 103 cm³/mol. The van der Waals surface area contributed by atoms with Gasteiger partial charge in [-0.3, -0.25) is 4.90 Å². The highest BCUT2D eigenvalue weighted by Crippen LogP contribution is 2.24. The van der Waals surface area contributed by atoms with Crippen LogP contribution in [0.5, 0.6) is 5.75 Å². The maximum atomic E-state index is 12.3. The maximum absolute atomic E-state index is 12.3. The van der Waals surface area contributed by atoms with Gasteiger partial charge in [0.25, 0.3) is 0 Å². The largest absolute Gasteiger partial charge is 0.494 e. The molecular formula is C20H31N3O4. The lowest BCUT2D eigenvalue weighted by Crippen LogP contribution is -2.48. The van der Waals surface area contributed by atoms with Crippen molar-refractivity contribution in [2.24, 2.45) is 0 Å². The van der Waals surface area contributed by atoms with Gasteiger partial charge in [0, 0.05) is 38.9 Å². The van der Waals surface area contributed by atoms with Crippen LogP contribution in [0, 0.1) is 0 Å². The van der Waals surface area contributed by atoms with Gasteiger partial charge in [-0.2, -0.15) is 0 Å². The molecule has 1 aromatic carbocycles. The van der Waals surface area contributed by atoms with Gasteiger partial charge in [0.1, 0.15) is 5.75 Å². The molecule has 27 heavy (non-hydrogen) atoms. The number of amides is 2. The van der Waals surface area contributed by atoms with Crippen LogP contribution in [0.2, 0.25) is 0 Å². The molecule has 2 aliphatic heterocycles. The number of benzene rings is 1. The number of nitrogens with zero attached hydrogens (tertiary/aromatic N) is 1. The van der Waals surface area contributed by atoms with E-state index in [1.54, 1.807) is 0 Å². The highest BCUT2D eigenvalue weighted by atomic mass is 16.5. The van der Waals surface area contributed by atoms with E-state index in [1.165, 1.54) is 5.56 Å². The molecule has 7 heteroatoms. The zero-order valence-electron chi connectivity index (χ0n) is 16.1. The first-order valence-corrected chi connectivity index (χ1v) is 9.93. The van der Waals surface area contributed by atoms with Crippen LogP contribution in [0.3, 0.4) is 0 Å². The Morgan fingerprint density at radius 3 is 2.48 bits per heavy atom. The normalized spacial score (nSPS) is 20.0. The van der Waals surface area contributed by atoms with Crippen molar-refractivity contribution in [2.45, 2.75) is 31.8 Å². The molecule has 2 amide bonds. The van der Waals surface area contributed by atoms with Crippen LogP contribution in [-0.2, 0) is 9.47 Å². The maximum Gasteiger partial charge on any atom is 0.315 e. The lowest BCUT2D eigenvalue weighted by atomic mass is 10.0. The second-order valence-corrected chi connectivity index (χ2v) is 6.91. The first kappa shape index (κ1) is 19.9. The quantitative estimate of drug-likeness (QED) is 0.760. The average Bonchev–Trinajstić information content (AvgIpc) is 2.71. The zero-order chi connectivity index (χ0) is 18.9. The molecule has 0 aromatic heterocycles. The lowest BCUT2D eigenvalue weighted by molar-refractivity contribution is 0.0166. The second-order valence-electron chi connectivity index (χ2n) is 6.91. The summed E-state index contributed by atoms with van der Waals surface area (Å²) in [5, 5.41) is 6.12. The standard InChI is InChI=1S/C20H31N3O4/c1-2-27-18-5-3-16(4-6-18)19(23-9-13-26-14-10-23)15-21-20(24)22-17-7-11-25-12-8-17/h3-6,17,19H,2,7-15H2,1H3,(H2,21,22,24). The molecule has 2 saturated heterocycles. The van der Waals surface area contributed by atoms with E-state index in [4.69, 9.17) is 14.2 Å². The van der Waals surface area contributed by atoms with E-state index in [-0.39, 0.29) is 18.1 Å². The summed E-state index contributed by atoms with van der Waals surface area (Å²) < 4.78 is 16.4. The molecule has 2 N–H and O–H groups in total. The first-order chi connectivity index (χ1) is 13.3. The predicted octanol–water partition coefficient (Wildman–Crippen LogP) is 1.94. The van der Waals surface area contributed by atoms with Crippen molar-refractivity contribution in [3.05, 3.63) is 29.8 Å². The Bertz CT molecular complexity index is 569. The van der Waals surface area contributed by atoms with Gasteiger partial charge in [-0.25, -0.2) is 4.79 Å². The van der Waals surface area contributed by atoms with Crippen LogP contribution in [0.15, 0.2) is 24.3 Å². The van der Waals surface area contributed by atoms with Gasteiger partial charge in [0.2, 0.25) is 0 Å². The summed E-state index contributed by atoms with van der Waals surface area (Å²) in [6.07, 6.45) is 1.75. The van der Waals surface area contributed by atoms with Crippen LogP contribution in [0.4, 0.5) is 4.79 Å². The van der Waals surface area contributed by atoms with Gasteiger partial charge in [-0.1, -0.05) is 12.1 Å².